The standard InChI is InChI=1S/C18H23N3O2/c1-20-11-13(17-14(18(22)23)3-2-4-15(17)20)10-19-16-9-12-5-7-21(16)8-6-12/h2-4,11-12,16,19H,5-10H2,1H3,(H,22,23)/t16-/m0/s1. The Morgan fingerprint density at radius 3 is 2.78 bits per heavy atom. The van der Waals surface area contributed by atoms with Crippen LogP contribution in [0.25, 0.3) is 10.9 Å². The lowest BCUT2D eigenvalue weighted by molar-refractivity contribution is 0.0304. The van der Waals surface area contributed by atoms with Crippen LogP contribution >= 0.6 is 0 Å². The Morgan fingerprint density at radius 1 is 1.35 bits per heavy atom. The number of aromatic carboxylic acids is 1. The highest BCUT2D eigenvalue weighted by atomic mass is 16.4. The normalized spacial score (nSPS) is 26.7. The first kappa shape index (κ1) is 14.7. The van der Waals surface area contributed by atoms with Crippen molar-refractivity contribution in [2.24, 2.45) is 13.0 Å². The van der Waals surface area contributed by atoms with Gasteiger partial charge in [0.25, 0.3) is 0 Å². The maximum atomic E-state index is 11.5. The van der Waals surface area contributed by atoms with Crippen LogP contribution in [0.5, 0.6) is 0 Å². The van der Waals surface area contributed by atoms with E-state index in [1.54, 1.807) is 6.07 Å². The SMILES string of the molecule is Cn1cc(CN[C@@H]2CC3CCN2CC3)c2c(C(=O)O)cccc21. The van der Waals surface area contributed by atoms with E-state index in [2.05, 4.69) is 16.4 Å². The Hall–Kier alpha value is -1.85. The van der Waals surface area contributed by atoms with Gasteiger partial charge in [-0.15, -0.1) is 0 Å². The molecule has 2 bridgehead atoms. The fraction of sp³-hybridized carbons (Fsp3) is 0.500. The monoisotopic (exact) mass is 313 g/mol. The molecule has 0 unspecified atom stereocenters. The highest BCUT2D eigenvalue weighted by Gasteiger charge is 2.33. The lowest BCUT2D eigenvalue weighted by Crippen LogP contribution is -2.54. The number of aromatic nitrogens is 1. The number of carbonyl (C=O) groups is 1. The molecule has 3 aliphatic rings. The first-order chi connectivity index (χ1) is 11.1. The summed E-state index contributed by atoms with van der Waals surface area (Å²) < 4.78 is 2.02. The number of nitrogens with zero attached hydrogens (tertiary/aromatic N) is 2. The molecule has 5 nitrogen and oxygen atoms in total. The van der Waals surface area contributed by atoms with Gasteiger partial charge in [-0.05, 0) is 56.0 Å². The van der Waals surface area contributed by atoms with Crippen LogP contribution in [0.15, 0.2) is 24.4 Å². The summed E-state index contributed by atoms with van der Waals surface area (Å²) in [6.45, 7) is 3.10. The van der Waals surface area contributed by atoms with Gasteiger partial charge in [0.1, 0.15) is 0 Å². The fourth-order valence-corrected chi connectivity index (χ4v) is 4.26. The van der Waals surface area contributed by atoms with Crippen molar-refractivity contribution >= 4 is 16.9 Å². The molecule has 3 aliphatic heterocycles. The highest BCUT2D eigenvalue weighted by molar-refractivity contribution is 6.04. The lowest BCUT2D eigenvalue weighted by atomic mass is 9.86. The van der Waals surface area contributed by atoms with Crippen molar-refractivity contribution in [3.8, 4) is 0 Å². The van der Waals surface area contributed by atoms with E-state index >= 15 is 0 Å². The zero-order chi connectivity index (χ0) is 16.0. The first-order valence-electron chi connectivity index (χ1n) is 8.41. The van der Waals surface area contributed by atoms with Gasteiger partial charge in [-0.1, -0.05) is 6.07 Å². The average molecular weight is 313 g/mol. The predicted octanol–water partition coefficient (Wildman–Crippen LogP) is 2.41. The van der Waals surface area contributed by atoms with E-state index in [1.807, 2.05) is 23.7 Å². The number of carboxylic acids is 1. The number of nitrogens with one attached hydrogen (secondary N) is 1. The van der Waals surface area contributed by atoms with Crippen LogP contribution in [0, 0.1) is 5.92 Å². The number of hydrogen-bond acceptors (Lipinski definition) is 3. The summed E-state index contributed by atoms with van der Waals surface area (Å²) in [5.74, 6) is 0.00289. The molecule has 1 aromatic carbocycles. The molecular weight excluding hydrogens is 290 g/mol. The first-order valence-corrected chi connectivity index (χ1v) is 8.41. The van der Waals surface area contributed by atoms with Gasteiger partial charge >= 0.3 is 5.97 Å². The topological polar surface area (TPSA) is 57.5 Å². The van der Waals surface area contributed by atoms with Crippen LogP contribution in [0.2, 0.25) is 0 Å². The molecule has 5 rings (SSSR count). The predicted molar refractivity (Wildman–Crippen MR) is 89.4 cm³/mol. The second-order valence-electron chi connectivity index (χ2n) is 6.88. The minimum atomic E-state index is -0.858. The summed E-state index contributed by atoms with van der Waals surface area (Å²) in [7, 11) is 1.98. The molecule has 0 amide bonds. The van der Waals surface area contributed by atoms with E-state index in [4.69, 9.17) is 0 Å². The van der Waals surface area contributed by atoms with Crippen LogP contribution in [0.4, 0.5) is 0 Å². The van der Waals surface area contributed by atoms with E-state index in [-0.39, 0.29) is 0 Å². The summed E-state index contributed by atoms with van der Waals surface area (Å²) in [6, 6.07) is 5.49. The van der Waals surface area contributed by atoms with Gasteiger partial charge in [-0.25, -0.2) is 4.79 Å². The number of fused-ring (bicyclic) bond motifs is 4. The van der Waals surface area contributed by atoms with Crippen LogP contribution in [-0.2, 0) is 13.6 Å². The van der Waals surface area contributed by atoms with Crippen LogP contribution < -0.4 is 5.32 Å². The quantitative estimate of drug-likeness (QED) is 0.910. The Morgan fingerprint density at radius 2 is 2.13 bits per heavy atom. The van der Waals surface area contributed by atoms with Gasteiger partial charge in [0.15, 0.2) is 0 Å². The van der Waals surface area contributed by atoms with Crippen molar-refractivity contribution in [1.29, 1.82) is 0 Å². The Bertz CT molecular complexity index is 744. The summed E-state index contributed by atoms with van der Waals surface area (Å²) in [5.41, 5.74) is 2.45. The molecule has 0 aliphatic carbocycles. The second kappa shape index (κ2) is 5.65. The number of rotatable bonds is 4. The van der Waals surface area contributed by atoms with E-state index in [9.17, 15) is 9.90 Å². The zero-order valence-corrected chi connectivity index (χ0v) is 13.5. The summed E-state index contributed by atoms with van der Waals surface area (Å²) in [6.07, 6.45) is 6.37. The van der Waals surface area contributed by atoms with Crippen LogP contribution in [0.3, 0.4) is 0 Å². The molecule has 122 valence electrons. The number of piperidine rings is 3. The molecule has 1 atom stereocenters. The minimum Gasteiger partial charge on any atom is -0.478 e. The molecule has 2 aromatic rings. The van der Waals surface area contributed by atoms with Crippen LogP contribution in [0.1, 0.15) is 35.2 Å². The Labute approximate surface area is 135 Å². The van der Waals surface area contributed by atoms with Gasteiger partial charge < -0.3 is 9.67 Å². The molecule has 4 heterocycles. The Kier molecular flexibility index (Phi) is 3.62. The highest BCUT2D eigenvalue weighted by Crippen LogP contribution is 2.31. The van der Waals surface area contributed by atoms with Gasteiger partial charge in [0.05, 0.1) is 11.7 Å². The molecular formula is C18H23N3O2. The molecule has 23 heavy (non-hydrogen) atoms. The minimum absolute atomic E-state index is 0.394. The summed E-state index contributed by atoms with van der Waals surface area (Å²) in [4.78, 5) is 14.1. The largest absolute Gasteiger partial charge is 0.478 e. The number of hydrogen-bond donors (Lipinski definition) is 2. The molecule has 0 saturated carbocycles. The van der Waals surface area contributed by atoms with E-state index in [1.165, 1.54) is 32.4 Å². The molecule has 3 fully saturated rings. The molecule has 0 radical (unpaired) electrons. The summed E-state index contributed by atoms with van der Waals surface area (Å²) >= 11 is 0. The molecule has 0 spiro atoms. The third-order valence-electron chi connectivity index (χ3n) is 5.50. The Balaban J connectivity index is 1.60. The van der Waals surface area contributed by atoms with Crippen molar-refractivity contribution < 1.29 is 9.90 Å². The molecule has 2 N–H and O–H groups in total. The van der Waals surface area contributed by atoms with E-state index in [0.717, 1.165) is 28.9 Å². The third kappa shape index (κ3) is 2.54. The van der Waals surface area contributed by atoms with Crippen molar-refractivity contribution in [3.05, 3.63) is 35.5 Å². The number of benzene rings is 1. The molecule has 5 heteroatoms. The third-order valence-corrected chi connectivity index (χ3v) is 5.50. The van der Waals surface area contributed by atoms with Crippen molar-refractivity contribution in [2.45, 2.75) is 32.0 Å². The van der Waals surface area contributed by atoms with Gasteiger partial charge in [-0.3, -0.25) is 10.2 Å². The second-order valence-corrected chi connectivity index (χ2v) is 6.88. The van der Waals surface area contributed by atoms with E-state index in [0.29, 0.717) is 11.7 Å². The average Bonchev–Trinajstić information content (AvgIpc) is 2.90. The fourth-order valence-electron chi connectivity index (χ4n) is 4.26. The van der Waals surface area contributed by atoms with Crippen molar-refractivity contribution in [3.63, 3.8) is 0 Å². The molecule has 1 aromatic heterocycles. The van der Waals surface area contributed by atoms with Gasteiger partial charge in [-0.2, -0.15) is 0 Å². The number of carboxylic acid groups (broad SMARTS) is 1. The van der Waals surface area contributed by atoms with Crippen molar-refractivity contribution in [1.82, 2.24) is 14.8 Å². The van der Waals surface area contributed by atoms with Gasteiger partial charge in [0, 0.05) is 30.7 Å². The maximum absolute atomic E-state index is 11.5. The lowest BCUT2D eigenvalue weighted by Gasteiger charge is -2.45. The smallest absolute Gasteiger partial charge is 0.336 e. The zero-order valence-electron chi connectivity index (χ0n) is 13.5. The molecule has 3 saturated heterocycles. The van der Waals surface area contributed by atoms with Crippen LogP contribution in [-0.4, -0.2) is 39.8 Å². The van der Waals surface area contributed by atoms with E-state index < -0.39 is 5.97 Å². The van der Waals surface area contributed by atoms with Crippen molar-refractivity contribution in [2.75, 3.05) is 13.1 Å². The maximum Gasteiger partial charge on any atom is 0.336 e. The summed E-state index contributed by atoms with van der Waals surface area (Å²) in [5, 5.41) is 14.0. The van der Waals surface area contributed by atoms with Gasteiger partial charge in [0.2, 0.25) is 0 Å². The number of aryl methyl sites for hydroxylation is 1.